The third-order valence-corrected chi connectivity index (χ3v) is 3.00. The molecule has 1 aromatic carbocycles. The van der Waals surface area contributed by atoms with Crippen LogP contribution in [0, 0.1) is 0 Å². The van der Waals surface area contributed by atoms with Gasteiger partial charge in [-0.15, -0.1) is 12.4 Å². The average molecular weight is 291 g/mol. The largest absolute Gasteiger partial charge is 0.354 e. The van der Waals surface area contributed by atoms with Crippen LogP contribution >= 0.6 is 24.0 Å². The van der Waals surface area contributed by atoms with Crippen LogP contribution in [0.25, 0.3) is 0 Å². The fraction of sp³-hybridized carbons (Fsp3) is 0.462. The SMILES string of the molecule is C[C@H](N)C(=O)NCC(C)(C)c1ccc(Cl)cc1.Cl. The molecule has 0 heterocycles. The van der Waals surface area contributed by atoms with Crippen molar-refractivity contribution in [2.75, 3.05) is 6.54 Å². The van der Waals surface area contributed by atoms with E-state index in [2.05, 4.69) is 19.2 Å². The zero-order valence-electron chi connectivity index (χ0n) is 10.9. The maximum Gasteiger partial charge on any atom is 0.236 e. The topological polar surface area (TPSA) is 55.1 Å². The number of carbonyl (C=O) groups is 1. The first-order valence-electron chi connectivity index (χ1n) is 5.62. The number of nitrogens with one attached hydrogen (secondary N) is 1. The van der Waals surface area contributed by atoms with Crippen molar-refractivity contribution in [3.63, 3.8) is 0 Å². The molecule has 0 fully saturated rings. The van der Waals surface area contributed by atoms with Gasteiger partial charge in [-0.1, -0.05) is 37.6 Å². The molecule has 0 saturated carbocycles. The Labute approximate surface area is 119 Å². The van der Waals surface area contributed by atoms with Gasteiger partial charge in [-0.2, -0.15) is 0 Å². The Morgan fingerprint density at radius 1 is 1.39 bits per heavy atom. The van der Waals surface area contributed by atoms with Gasteiger partial charge >= 0.3 is 0 Å². The van der Waals surface area contributed by atoms with Crippen LogP contribution in [0.2, 0.25) is 5.02 Å². The zero-order valence-corrected chi connectivity index (χ0v) is 12.4. The lowest BCUT2D eigenvalue weighted by atomic mass is 9.84. The van der Waals surface area contributed by atoms with Gasteiger partial charge in [0.25, 0.3) is 0 Å². The molecular formula is C13H20Cl2N2O. The Balaban J connectivity index is 0.00000289. The highest BCUT2D eigenvalue weighted by molar-refractivity contribution is 6.30. The maximum atomic E-state index is 11.4. The van der Waals surface area contributed by atoms with Crippen molar-refractivity contribution in [3.8, 4) is 0 Å². The fourth-order valence-electron chi connectivity index (χ4n) is 1.47. The normalized spacial score (nSPS) is 12.5. The second-order valence-corrected chi connectivity index (χ2v) is 5.33. The van der Waals surface area contributed by atoms with Crippen molar-refractivity contribution in [2.24, 2.45) is 5.73 Å². The summed E-state index contributed by atoms with van der Waals surface area (Å²) in [5.74, 6) is -0.132. The molecule has 0 aliphatic carbocycles. The molecule has 0 unspecified atom stereocenters. The summed E-state index contributed by atoms with van der Waals surface area (Å²) in [6.45, 7) is 6.36. The summed E-state index contributed by atoms with van der Waals surface area (Å²) in [6, 6.07) is 7.18. The molecular weight excluding hydrogens is 271 g/mol. The van der Waals surface area contributed by atoms with Gasteiger partial charge in [0.1, 0.15) is 0 Å². The molecule has 0 aliphatic rings. The quantitative estimate of drug-likeness (QED) is 0.895. The monoisotopic (exact) mass is 290 g/mol. The molecule has 18 heavy (non-hydrogen) atoms. The van der Waals surface area contributed by atoms with E-state index in [9.17, 15) is 4.79 Å². The van der Waals surface area contributed by atoms with Crippen LogP contribution < -0.4 is 11.1 Å². The molecule has 1 amide bonds. The van der Waals surface area contributed by atoms with Crippen molar-refractivity contribution < 1.29 is 4.79 Å². The molecule has 0 radical (unpaired) electrons. The predicted molar refractivity (Wildman–Crippen MR) is 78.4 cm³/mol. The van der Waals surface area contributed by atoms with E-state index in [1.807, 2.05) is 24.3 Å². The van der Waals surface area contributed by atoms with Crippen molar-refractivity contribution in [1.29, 1.82) is 0 Å². The molecule has 0 aliphatic heterocycles. The molecule has 1 aromatic rings. The van der Waals surface area contributed by atoms with E-state index < -0.39 is 6.04 Å². The number of halogens is 2. The lowest BCUT2D eigenvalue weighted by molar-refractivity contribution is -0.122. The summed E-state index contributed by atoms with van der Waals surface area (Å²) in [5.41, 5.74) is 6.48. The molecule has 1 atom stereocenters. The van der Waals surface area contributed by atoms with E-state index >= 15 is 0 Å². The Morgan fingerprint density at radius 2 is 1.89 bits per heavy atom. The van der Waals surface area contributed by atoms with Crippen LogP contribution in [-0.2, 0) is 10.2 Å². The van der Waals surface area contributed by atoms with Crippen LogP contribution in [0.1, 0.15) is 26.3 Å². The van der Waals surface area contributed by atoms with Crippen LogP contribution in [-0.4, -0.2) is 18.5 Å². The molecule has 5 heteroatoms. The molecule has 1 rings (SSSR count). The second-order valence-electron chi connectivity index (χ2n) is 4.90. The van der Waals surface area contributed by atoms with E-state index in [1.165, 1.54) is 0 Å². The minimum absolute atomic E-state index is 0. The number of hydrogen-bond donors (Lipinski definition) is 2. The van der Waals surface area contributed by atoms with E-state index in [4.69, 9.17) is 17.3 Å². The van der Waals surface area contributed by atoms with Crippen molar-refractivity contribution in [3.05, 3.63) is 34.9 Å². The number of nitrogens with two attached hydrogens (primary N) is 1. The minimum atomic E-state index is -0.476. The highest BCUT2D eigenvalue weighted by Gasteiger charge is 2.21. The summed E-state index contributed by atoms with van der Waals surface area (Å²) < 4.78 is 0. The Morgan fingerprint density at radius 3 is 2.33 bits per heavy atom. The van der Waals surface area contributed by atoms with Crippen molar-refractivity contribution >= 4 is 29.9 Å². The van der Waals surface area contributed by atoms with Gasteiger partial charge in [0.05, 0.1) is 6.04 Å². The first-order chi connectivity index (χ1) is 7.83. The van der Waals surface area contributed by atoms with Crippen LogP contribution in [0.15, 0.2) is 24.3 Å². The predicted octanol–water partition coefficient (Wildman–Crippen LogP) is 2.50. The highest BCUT2D eigenvalue weighted by Crippen LogP contribution is 2.23. The van der Waals surface area contributed by atoms with Crippen LogP contribution in [0.3, 0.4) is 0 Å². The molecule has 0 spiro atoms. The summed E-state index contributed by atoms with van der Waals surface area (Å²) in [6.07, 6.45) is 0. The maximum absolute atomic E-state index is 11.4. The van der Waals surface area contributed by atoms with Gasteiger partial charge in [0.15, 0.2) is 0 Å². The molecule has 3 nitrogen and oxygen atoms in total. The van der Waals surface area contributed by atoms with Crippen LogP contribution in [0.4, 0.5) is 0 Å². The number of amides is 1. The van der Waals surface area contributed by atoms with E-state index in [-0.39, 0.29) is 23.7 Å². The first-order valence-corrected chi connectivity index (χ1v) is 6.00. The smallest absolute Gasteiger partial charge is 0.236 e. The number of rotatable bonds is 4. The Bertz CT molecular complexity index is 388. The standard InChI is InChI=1S/C13H19ClN2O.ClH/c1-9(15)12(17)16-8-13(2,3)10-4-6-11(14)7-5-10;/h4-7,9H,8,15H2,1-3H3,(H,16,17);1H/t9-;/m0./s1. The van der Waals surface area contributed by atoms with E-state index in [1.54, 1.807) is 6.92 Å². The van der Waals surface area contributed by atoms with Gasteiger partial charge in [-0.25, -0.2) is 0 Å². The lowest BCUT2D eigenvalue weighted by Crippen LogP contribution is -2.43. The highest BCUT2D eigenvalue weighted by atomic mass is 35.5. The first kappa shape index (κ1) is 17.2. The number of benzene rings is 1. The van der Waals surface area contributed by atoms with Crippen LogP contribution in [0.5, 0.6) is 0 Å². The number of carbonyl (C=O) groups excluding carboxylic acids is 1. The molecule has 0 bridgehead atoms. The molecule has 3 N–H and O–H groups in total. The summed E-state index contributed by atoms with van der Waals surface area (Å²) >= 11 is 5.84. The Hall–Kier alpha value is -0.770. The van der Waals surface area contributed by atoms with Crippen molar-refractivity contribution in [1.82, 2.24) is 5.32 Å². The van der Waals surface area contributed by atoms with Gasteiger partial charge in [0, 0.05) is 17.0 Å². The van der Waals surface area contributed by atoms with Gasteiger partial charge in [-0.05, 0) is 24.6 Å². The fourth-order valence-corrected chi connectivity index (χ4v) is 1.60. The van der Waals surface area contributed by atoms with E-state index in [0.29, 0.717) is 11.6 Å². The van der Waals surface area contributed by atoms with Crippen molar-refractivity contribution in [2.45, 2.75) is 32.2 Å². The summed E-state index contributed by atoms with van der Waals surface area (Å²) in [7, 11) is 0. The lowest BCUT2D eigenvalue weighted by Gasteiger charge is -2.26. The van der Waals surface area contributed by atoms with E-state index in [0.717, 1.165) is 5.56 Å². The third-order valence-electron chi connectivity index (χ3n) is 2.74. The van der Waals surface area contributed by atoms with Gasteiger partial charge < -0.3 is 11.1 Å². The van der Waals surface area contributed by atoms with Gasteiger partial charge in [0.2, 0.25) is 5.91 Å². The summed E-state index contributed by atoms with van der Waals surface area (Å²) in [5, 5.41) is 3.55. The molecule has 102 valence electrons. The summed E-state index contributed by atoms with van der Waals surface area (Å²) in [4.78, 5) is 11.4. The van der Waals surface area contributed by atoms with Gasteiger partial charge in [-0.3, -0.25) is 4.79 Å². The Kier molecular flexibility index (Phi) is 6.68. The minimum Gasteiger partial charge on any atom is -0.354 e. The second kappa shape index (κ2) is 6.98. The molecule has 0 saturated heterocycles. The third kappa shape index (κ3) is 4.84. The zero-order chi connectivity index (χ0) is 13.1. The average Bonchev–Trinajstić information content (AvgIpc) is 2.26. The molecule has 0 aromatic heterocycles. The number of hydrogen-bond acceptors (Lipinski definition) is 2.